The molecule has 0 bridgehead atoms. The predicted octanol–water partition coefficient (Wildman–Crippen LogP) is 4.17. The topological polar surface area (TPSA) is 216 Å². The number of rotatable bonds is 9. The van der Waals surface area contributed by atoms with E-state index in [1.807, 2.05) is 42.6 Å². The molecule has 5 atom stereocenters. The van der Waals surface area contributed by atoms with E-state index in [2.05, 4.69) is 75.5 Å². The van der Waals surface area contributed by atoms with Gasteiger partial charge in [0.15, 0.2) is 39.8 Å². The van der Waals surface area contributed by atoms with E-state index < -0.39 is 0 Å². The summed E-state index contributed by atoms with van der Waals surface area (Å²) in [5, 5.41) is 10.7. The molecule has 2 aromatic carbocycles. The van der Waals surface area contributed by atoms with Gasteiger partial charge in [-0.25, -0.2) is 24.9 Å². The lowest BCUT2D eigenvalue weighted by atomic mass is 10.1. The van der Waals surface area contributed by atoms with Crippen LogP contribution in [0.5, 0.6) is 0 Å². The van der Waals surface area contributed by atoms with Crippen LogP contribution in [0.2, 0.25) is 0 Å². The molecule has 0 amide bonds. The third-order valence-electron chi connectivity index (χ3n) is 13.9. The standard InChI is InChI=1S/C46H36N16O4/c1-57-20-48-42-38(57)45(63)61(21-49-42)18-34-52-40(55-65-34)36-27-14-59(15-28(27)36)25-8-10-32-24(11-25)7-9-33(51-32)44-54-43-39(58(44)2)46(64)62(22-50-43)19-35-53-41(56-66-35)37-29-16-60(17-30(29)37)26-12-23-5-3-4-6-31(23)47-13-26/h3-13,16,20-22,27-28,30,36-37H,14-15,17-19H2,1-2H3/t27-,28+,30-,36?,37-/m1/s1. The van der Waals surface area contributed by atoms with Gasteiger partial charge < -0.3 is 28.0 Å². The van der Waals surface area contributed by atoms with Gasteiger partial charge in [0.2, 0.25) is 11.8 Å². The zero-order chi connectivity index (χ0) is 43.9. The quantitative estimate of drug-likeness (QED) is 0.199. The molecule has 20 heteroatoms. The molecule has 1 unspecified atom stereocenters. The summed E-state index contributed by atoms with van der Waals surface area (Å²) in [6.07, 6.45) is 8.59. The molecule has 324 valence electrons. The molecule has 2 aliphatic carbocycles. The van der Waals surface area contributed by atoms with Crippen molar-refractivity contribution < 1.29 is 9.05 Å². The number of imidazole rings is 2. The minimum atomic E-state index is -0.268. The van der Waals surface area contributed by atoms with Crippen LogP contribution in [0.3, 0.4) is 0 Å². The average Bonchev–Trinajstić information content (AvgIpc) is 3.86. The molecule has 2 aliphatic heterocycles. The smallest absolute Gasteiger partial charge is 0.280 e. The summed E-state index contributed by atoms with van der Waals surface area (Å²) in [6, 6.07) is 20.5. The molecule has 0 spiro atoms. The third-order valence-corrected chi connectivity index (χ3v) is 13.9. The number of fused-ring (bicyclic) bond motifs is 6. The highest BCUT2D eigenvalue weighted by molar-refractivity contribution is 5.86. The molecule has 66 heavy (non-hydrogen) atoms. The Balaban J connectivity index is 0.637. The van der Waals surface area contributed by atoms with E-state index in [0.29, 0.717) is 75.0 Å². The zero-order valence-corrected chi connectivity index (χ0v) is 35.4. The van der Waals surface area contributed by atoms with Gasteiger partial charge in [-0.05, 0) is 53.8 Å². The van der Waals surface area contributed by atoms with Crippen LogP contribution in [0.15, 0.2) is 116 Å². The van der Waals surface area contributed by atoms with Crippen molar-refractivity contribution in [3.8, 4) is 11.5 Å². The van der Waals surface area contributed by atoms with Crippen LogP contribution in [-0.2, 0) is 27.2 Å². The largest absolute Gasteiger partial charge is 0.371 e. The number of aryl methyl sites for hydroxylation is 2. The van der Waals surface area contributed by atoms with Gasteiger partial charge in [-0.3, -0.25) is 23.7 Å². The number of hydrogen-bond donors (Lipinski definition) is 0. The average molecular weight is 877 g/mol. The lowest BCUT2D eigenvalue weighted by Crippen LogP contribution is -2.23. The van der Waals surface area contributed by atoms with Crippen LogP contribution in [0, 0.1) is 17.8 Å². The van der Waals surface area contributed by atoms with Gasteiger partial charge in [-0.15, -0.1) is 0 Å². The molecule has 0 N–H and O–H groups in total. The molecule has 1 saturated heterocycles. The minimum Gasteiger partial charge on any atom is -0.371 e. The van der Waals surface area contributed by atoms with Gasteiger partial charge >= 0.3 is 0 Å². The van der Waals surface area contributed by atoms with Crippen molar-refractivity contribution >= 4 is 55.5 Å². The predicted molar refractivity (Wildman–Crippen MR) is 238 cm³/mol. The fraction of sp³-hybridized carbons (Fsp3) is 0.261. The van der Waals surface area contributed by atoms with Gasteiger partial charge in [-0.1, -0.05) is 34.6 Å². The fourth-order valence-electron chi connectivity index (χ4n) is 10.3. The first kappa shape index (κ1) is 37.0. The SMILES string of the molecule is Cn1cnc2ncn(Cc3nc(C4[C@H]5CN(c6ccc7nc(-c8nc9ncn(Cc%10nc([C@@H]%11C%12=CN(c%13cnc%14ccccc%14c%13)C[C@H]%12%11)no%10)c(=O)c9n8C)ccc7c6)C[C@@H]45)no3)c(=O)c21. The van der Waals surface area contributed by atoms with E-state index in [1.165, 1.54) is 27.4 Å². The molecule has 10 heterocycles. The maximum Gasteiger partial charge on any atom is 0.280 e. The van der Waals surface area contributed by atoms with Crippen LogP contribution in [0.4, 0.5) is 11.4 Å². The lowest BCUT2D eigenvalue weighted by Gasteiger charge is -2.22. The van der Waals surface area contributed by atoms with Crippen molar-refractivity contribution in [1.82, 2.24) is 68.5 Å². The Hall–Kier alpha value is -8.42. The summed E-state index contributed by atoms with van der Waals surface area (Å²) < 4.78 is 17.6. The van der Waals surface area contributed by atoms with Gasteiger partial charge in [0, 0.05) is 68.2 Å². The molecular formula is C46H36N16O4. The monoisotopic (exact) mass is 876 g/mol. The fourth-order valence-corrected chi connectivity index (χ4v) is 10.3. The van der Waals surface area contributed by atoms with Crippen LogP contribution in [-0.4, -0.2) is 88.1 Å². The Morgan fingerprint density at radius 3 is 2.18 bits per heavy atom. The highest BCUT2D eigenvalue weighted by Gasteiger charge is 2.58. The van der Waals surface area contributed by atoms with E-state index in [-0.39, 0.29) is 36.0 Å². The molecular weight excluding hydrogens is 841 g/mol. The first-order valence-corrected chi connectivity index (χ1v) is 21.7. The number of aromatic nitrogens is 14. The Morgan fingerprint density at radius 2 is 1.38 bits per heavy atom. The number of nitrogens with zero attached hydrogens (tertiary/aromatic N) is 16. The number of anilines is 2. The third kappa shape index (κ3) is 5.69. The highest BCUT2D eigenvalue weighted by Crippen LogP contribution is 2.58. The summed E-state index contributed by atoms with van der Waals surface area (Å²) in [6.45, 7) is 2.80. The van der Waals surface area contributed by atoms with E-state index >= 15 is 0 Å². The highest BCUT2D eigenvalue weighted by atomic mass is 16.5. The molecule has 10 aromatic rings. The Bertz CT molecular complexity index is 3810. The number of piperidine rings is 1. The van der Waals surface area contributed by atoms with Crippen LogP contribution >= 0.6 is 0 Å². The summed E-state index contributed by atoms with van der Waals surface area (Å²) in [5.74, 6) is 4.02. The second kappa shape index (κ2) is 13.5. The van der Waals surface area contributed by atoms with E-state index in [1.54, 1.807) is 29.6 Å². The van der Waals surface area contributed by atoms with Crippen LogP contribution < -0.4 is 20.9 Å². The first-order valence-electron chi connectivity index (χ1n) is 21.7. The molecule has 14 rings (SSSR count). The van der Waals surface area contributed by atoms with Crippen molar-refractivity contribution in [2.75, 3.05) is 29.4 Å². The van der Waals surface area contributed by atoms with Crippen molar-refractivity contribution in [3.63, 3.8) is 0 Å². The van der Waals surface area contributed by atoms with Crippen molar-refractivity contribution in [3.05, 3.63) is 142 Å². The van der Waals surface area contributed by atoms with Gasteiger partial charge in [0.25, 0.3) is 11.1 Å². The number of benzene rings is 2. The van der Waals surface area contributed by atoms with Crippen molar-refractivity contribution in [2.24, 2.45) is 31.8 Å². The molecule has 3 fully saturated rings. The first-order chi connectivity index (χ1) is 32.3. The lowest BCUT2D eigenvalue weighted by molar-refractivity contribution is 0.363. The normalized spacial score (nSPS) is 20.8. The van der Waals surface area contributed by atoms with Crippen LogP contribution in [0.25, 0.3) is 55.7 Å². The Labute approximate surface area is 371 Å². The van der Waals surface area contributed by atoms with Gasteiger partial charge in [-0.2, -0.15) is 9.97 Å². The maximum absolute atomic E-state index is 13.9. The van der Waals surface area contributed by atoms with Crippen LogP contribution in [0.1, 0.15) is 35.3 Å². The minimum absolute atomic E-state index is 0.0843. The zero-order valence-electron chi connectivity index (χ0n) is 35.4. The van der Waals surface area contributed by atoms with E-state index in [4.69, 9.17) is 24.0 Å². The summed E-state index contributed by atoms with van der Waals surface area (Å²) in [7, 11) is 3.57. The molecule has 20 nitrogen and oxygen atoms in total. The number of pyridine rings is 2. The maximum atomic E-state index is 13.9. The Morgan fingerprint density at radius 1 is 0.667 bits per heavy atom. The van der Waals surface area contributed by atoms with Gasteiger partial charge in [0.05, 0.1) is 35.2 Å². The van der Waals surface area contributed by atoms with E-state index in [9.17, 15) is 9.59 Å². The molecule has 2 saturated carbocycles. The van der Waals surface area contributed by atoms with Crippen molar-refractivity contribution in [2.45, 2.75) is 24.9 Å². The summed E-state index contributed by atoms with van der Waals surface area (Å²) in [5.41, 5.74) is 6.91. The van der Waals surface area contributed by atoms with Gasteiger partial charge in [0.1, 0.15) is 31.4 Å². The Kier molecular flexibility index (Phi) is 7.60. The number of hydrogen-bond acceptors (Lipinski definition) is 16. The van der Waals surface area contributed by atoms with E-state index in [0.717, 1.165) is 52.8 Å². The molecule has 0 radical (unpaired) electrons. The second-order valence-corrected chi connectivity index (χ2v) is 17.7. The molecule has 4 aliphatic rings. The number of para-hydroxylation sites is 1. The van der Waals surface area contributed by atoms with Crippen molar-refractivity contribution in [1.29, 1.82) is 0 Å². The second-order valence-electron chi connectivity index (χ2n) is 17.7. The summed E-state index contributed by atoms with van der Waals surface area (Å²) in [4.78, 5) is 68.2. The molecule has 8 aromatic heterocycles. The summed E-state index contributed by atoms with van der Waals surface area (Å²) >= 11 is 0.